The smallest absolute Gasteiger partial charge is 0.244 e. The van der Waals surface area contributed by atoms with Gasteiger partial charge in [-0.1, -0.05) is 48.5 Å². The Bertz CT molecular complexity index is 1040. The topological polar surface area (TPSA) is 52.0 Å². The average molecular weight is 418 g/mol. The number of hydrogen-bond donors (Lipinski definition) is 2. The van der Waals surface area contributed by atoms with Crippen molar-refractivity contribution in [2.45, 2.75) is 6.04 Å². The highest BCUT2D eigenvalue weighted by Crippen LogP contribution is 2.22. The number of morpholine rings is 1. The van der Waals surface area contributed by atoms with Crippen LogP contribution in [-0.2, 0) is 9.53 Å². The molecule has 1 amide bonds. The van der Waals surface area contributed by atoms with Crippen LogP contribution in [0, 0.1) is 0 Å². The summed E-state index contributed by atoms with van der Waals surface area (Å²) in [5.41, 5.74) is 2.12. The average Bonchev–Trinajstić information content (AvgIpc) is 2.83. The second-order valence-corrected chi connectivity index (χ2v) is 7.84. The van der Waals surface area contributed by atoms with Crippen molar-refractivity contribution in [1.29, 1.82) is 0 Å². The van der Waals surface area contributed by atoms with Gasteiger partial charge in [0.25, 0.3) is 0 Å². The number of fused-ring (bicyclic) bond motifs is 1. The first kappa shape index (κ1) is 21.1. The van der Waals surface area contributed by atoms with Gasteiger partial charge < -0.3 is 19.7 Å². The minimum Gasteiger partial charge on any atom is -0.497 e. The summed E-state index contributed by atoms with van der Waals surface area (Å²) in [7, 11) is 1.67. The predicted octanol–water partition coefficient (Wildman–Crippen LogP) is 2.63. The molecule has 0 saturated carbocycles. The Morgan fingerprint density at radius 3 is 2.58 bits per heavy atom. The zero-order chi connectivity index (χ0) is 21.5. The lowest BCUT2D eigenvalue weighted by atomic mass is 10.1. The largest absolute Gasteiger partial charge is 0.497 e. The van der Waals surface area contributed by atoms with Crippen LogP contribution in [0.25, 0.3) is 16.8 Å². The predicted molar refractivity (Wildman–Crippen MR) is 123 cm³/mol. The summed E-state index contributed by atoms with van der Waals surface area (Å²) in [6.07, 6.45) is 3.48. The standard InChI is InChI=1S/C26H28N2O3/c1-30-24-11-10-22-17-20(7-9-23(22)18-24)8-12-26(29)27-25(21-5-3-2-4-6-21)19-28-13-15-31-16-14-28/h2-12,17-18,25H,13-16,19H2,1H3,(H,27,29)/p+1/b12-8+/t25-/m1/s1. The van der Waals surface area contributed by atoms with Crippen molar-refractivity contribution in [3.05, 3.63) is 83.9 Å². The zero-order valence-corrected chi connectivity index (χ0v) is 17.8. The van der Waals surface area contributed by atoms with Crippen LogP contribution in [0.5, 0.6) is 5.75 Å². The molecule has 160 valence electrons. The summed E-state index contributed by atoms with van der Waals surface area (Å²) in [6.45, 7) is 4.34. The number of methoxy groups -OCH3 is 1. The van der Waals surface area contributed by atoms with Crippen LogP contribution in [-0.4, -0.2) is 45.9 Å². The summed E-state index contributed by atoms with van der Waals surface area (Å²) >= 11 is 0. The highest BCUT2D eigenvalue weighted by atomic mass is 16.5. The van der Waals surface area contributed by atoms with Gasteiger partial charge in [-0.05, 0) is 46.2 Å². The van der Waals surface area contributed by atoms with Gasteiger partial charge in [0.2, 0.25) is 5.91 Å². The monoisotopic (exact) mass is 417 g/mol. The number of amides is 1. The first-order valence-corrected chi connectivity index (χ1v) is 10.7. The molecule has 1 aliphatic heterocycles. The molecule has 3 aromatic carbocycles. The van der Waals surface area contributed by atoms with Gasteiger partial charge in [-0.3, -0.25) is 4.79 Å². The highest BCUT2D eigenvalue weighted by molar-refractivity contribution is 5.93. The third-order valence-electron chi connectivity index (χ3n) is 5.71. The van der Waals surface area contributed by atoms with E-state index in [4.69, 9.17) is 9.47 Å². The molecule has 1 heterocycles. The van der Waals surface area contributed by atoms with Gasteiger partial charge in [-0.2, -0.15) is 0 Å². The fourth-order valence-electron chi connectivity index (χ4n) is 3.96. The van der Waals surface area contributed by atoms with Gasteiger partial charge in [0.05, 0.1) is 20.3 Å². The van der Waals surface area contributed by atoms with E-state index in [0.29, 0.717) is 0 Å². The van der Waals surface area contributed by atoms with Crippen LogP contribution in [0.4, 0.5) is 0 Å². The molecule has 1 fully saturated rings. The molecule has 0 aliphatic carbocycles. The molecule has 0 unspecified atom stereocenters. The second-order valence-electron chi connectivity index (χ2n) is 7.84. The van der Waals surface area contributed by atoms with Gasteiger partial charge in [0.15, 0.2) is 0 Å². The summed E-state index contributed by atoms with van der Waals surface area (Å²) in [6, 6.07) is 22.3. The fourth-order valence-corrected chi connectivity index (χ4v) is 3.96. The molecule has 0 radical (unpaired) electrons. The Kier molecular flexibility index (Phi) is 6.97. The maximum absolute atomic E-state index is 12.7. The minimum atomic E-state index is -0.0867. The summed E-state index contributed by atoms with van der Waals surface area (Å²) in [4.78, 5) is 14.2. The number of rotatable bonds is 7. The van der Waals surface area contributed by atoms with Gasteiger partial charge in [0, 0.05) is 6.08 Å². The summed E-state index contributed by atoms with van der Waals surface area (Å²) in [5.74, 6) is 0.751. The maximum atomic E-state index is 12.7. The van der Waals surface area contributed by atoms with E-state index in [1.165, 1.54) is 4.90 Å². The first-order valence-electron chi connectivity index (χ1n) is 10.7. The van der Waals surface area contributed by atoms with E-state index in [2.05, 4.69) is 23.5 Å². The van der Waals surface area contributed by atoms with Gasteiger partial charge in [-0.15, -0.1) is 0 Å². The molecule has 5 heteroatoms. The van der Waals surface area contributed by atoms with E-state index in [0.717, 1.165) is 60.5 Å². The number of carbonyl (C=O) groups excluding carboxylic acids is 1. The van der Waals surface area contributed by atoms with E-state index in [1.54, 1.807) is 13.2 Å². The van der Waals surface area contributed by atoms with Gasteiger partial charge in [-0.25, -0.2) is 0 Å². The van der Waals surface area contributed by atoms with Crippen LogP contribution in [0.15, 0.2) is 72.8 Å². The molecule has 0 bridgehead atoms. The lowest BCUT2D eigenvalue weighted by molar-refractivity contribution is -0.909. The van der Waals surface area contributed by atoms with Crippen LogP contribution in [0.2, 0.25) is 0 Å². The lowest BCUT2D eigenvalue weighted by Gasteiger charge is -2.28. The first-order chi connectivity index (χ1) is 15.2. The van der Waals surface area contributed by atoms with Crippen molar-refractivity contribution in [3.8, 4) is 5.75 Å². The quantitative estimate of drug-likeness (QED) is 0.581. The molecule has 1 aliphatic rings. The molecule has 0 aromatic heterocycles. The van der Waals surface area contributed by atoms with Crippen LogP contribution in [0.1, 0.15) is 17.2 Å². The van der Waals surface area contributed by atoms with Crippen LogP contribution in [0.3, 0.4) is 0 Å². The van der Waals surface area contributed by atoms with E-state index >= 15 is 0 Å². The Hall–Kier alpha value is -3.15. The molecule has 5 nitrogen and oxygen atoms in total. The van der Waals surface area contributed by atoms with Crippen molar-refractivity contribution in [1.82, 2.24) is 5.32 Å². The number of benzene rings is 3. The Morgan fingerprint density at radius 1 is 1.06 bits per heavy atom. The van der Waals surface area contributed by atoms with Crippen LogP contribution < -0.4 is 15.0 Å². The SMILES string of the molecule is COc1ccc2cc(/C=C/C(=O)N[C@H](C[NH+]3CCOCC3)c3ccccc3)ccc2c1. The molecule has 31 heavy (non-hydrogen) atoms. The van der Waals surface area contributed by atoms with Gasteiger partial charge >= 0.3 is 0 Å². The lowest BCUT2D eigenvalue weighted by Crippen LogP contribution is -3.14. The summed E-state index contributed by atoms with van der Waals surface area (Å²) < 4.78 is 10.8. The normalized spacial score (nSPS) is 15.8. The molecular formula is C26H29N2O3+. The third kappa shape index (κ3) is 5.72. The zero-order valence-electron chi connectivity index (χ0n) is 17.8. The Balaban J connectivity index is 1.45. The second kappa shape index (κ2) is 10.2. The Morgan fingerprint density at radius 2 is 1.81 bits per heavy atom. The molecule has 4 rings (SSSR count). The van der Waals surface area contributed by atoms with Crippen molar-refractivity contribution in [2.24, 2.45) is 0 Å². The third-order valence-corrected chi connectivity index (χ3v) is 5.71. The van der Waals surface area contributed by atoms with Gasteiger partial charge in [0.1, 0.15) is 31.4 Å². The molecule has 1 atom stereocenters. The van der Waals surface area contributed by atoms with Crippen molar-refractivity contribution < 1.29 is 19.2 Å². The number of hydrogen-bond acceptors (Lipinski definition) is 3. The molecule has 2 N–H and O–H groups in total. The molecule has 1 saturated heterocycles. The molecular weight excluding hydrogens is 388 g/mol. The van der Waals surface area contributed by atoms with E-state index in [9.17, 15) is 4.79 Å². The number of quaternary nitrogens is 1. The summed E-state index contributed by atoms with van der Waals surface area (Å²) in [5, 5.41) is 5.42. The molecule has 3 aromatic rings. The van der Waals surface area contributed by atoms with Crippen molar-refractivity contribution in [3.63, 3.8) is 0 Å². The highest BCUT2D eigenvalue weighted by Gasteiger charge is 2.22. The minimum absolute atomic E-state index is 0.0319. The number of carbonyl (C=O) groups is 1. The van der Waals surface area contributed by atoms with E-state index in [-0.39, 0.29) is 11.9 Å². The van der Waals surface area contributed by atoms with Crippen molar-refractivity contribution in [2.75, 3.05) is 40.0 Å². The van der Waals surface area contributed by atoms with Crippen LogP contribution >= 0.6 is 0 Å². The molecule has 0 spiro atoms. The van der Waals surface area contributed by atoms with E-state index < -0.39 is 0 Å². The number of ether oxygens (including phenoxy) is 2. The maximum Gasteiger partial charge on any atom is 0.244 e. The van der Waals surface area contributed by atoms with Crippen molar-refractivity contribution >= 4 is 22.8 Å². The Labute approximate surface area is 183 Å². The number of nitrogens with one attached hydrogen (secondary N) is 2. The van der Waals surface area contributed by atoms with E-state index in [1.807, 2.05) is 54.6 Å². The fraction of sp³-hybridized carbons (Fsp3) is 0.269.